The zero-order valence-corrected chi connectivity index (χ0v) is 18.2. The summed E-state index contributed by atoms with van der Waals surface area (Å²) in [6.07, 6.45) is 3.01. The van der Waals surface area contributed by atoms with Crippen LogP contribution in [0.4, 0.5) is 8.78 Å². The van der Waals surface area contributed by atoms with Crippen molar-refractivity contribution in [1.82, 2.24) is 14.8 Å². The van der Waals surface area contributed by atoms with Crippen molar-refractivity contribution in [3.63, 3.8) is 0 Å². The van der Waals surface area contributed by atoms with Crippen LogP contribution in [0.5, 0.6) is 0 Å². The zero-order valence-electron chi connectivity index (χ0n) is 18.2. The second kappa shape index (κ2) is 7.61. The fraction of sp³-hybridized carbons (Fsp3) is 0.360. The number of aromatic nitrogens is 3. The minimum Gasteiger partial charge on any atom is -0.479 e. The summed E-state index contributed by atoms with van der Waals surface area (Å²) in [6, 6.07) is 7.91. The molecule has 2 fully saturated rings. The number of hydrogen-bond acceptors (Lipinski definition) is 4. The number of carboxylic acids is 1. The molecule has 2 aromatic heterocycles. The second-order valence-electron chi connectivity index (χ2n) is 9.36. The number of carbonyl (C=O) groups is 1. The van der Waals surface area contributed by atoms with Crippen LogP contribution in [0, 0.1) is 11.6 Å². The van der Waals surface area contributed by atoms with Crippen molar-refractivity contribution in [3.05, 3.63) is 59.4 Å². The molecule has 4 aromatic rings. The molecular weight excluding hydrogens is 444 g/mol. The Labute approximate surface area is 193 Å². The van der Waals surface area contributed by atoms with Crippen molar-refractivity contribution in [1.29, 1.82) is 0 Å². The largest absolute Gasteiger partial charge is 0.479 e. The van der Waals surface area contributed by atoms with Gasteiger partial charge in [0.15, 0.2) is 11.4 Å². The van der Waals surface area contributed by atoms with E-state index in [2.05, 4.69) is 10.2 Å². The van der Waals surface area contributed by atoms with Gasteiger partial charge in [-0.3, -0.25) is 5.10 Å². The molecular formula is C25H23F2N3O4. The van der Waals surface area contributed by atoms with Gasteiger partial charge in [0.1, 0.15) is 11.3 Å². The van der Waals surface area contributed by atoms with Gasteiger partial charge in [-0.1, -0.05) is 0 Å². The van der Waals surface area contributed by atoms with Crippen molar-refractivity contribution in [2.45, 2.75) is 43.1 Å². The molecule has 2 aliphatic rings. The highest BCUT2D eigenvalue weighted by Gasteiger charge is 2.51. The molecule has 3 N–H and O–H groups in total. The van der Waals surface area contributed by atoms with Crippen LogP contribution in [-0.4, -0.2) is 49.8 Å². The van der Waals surface area contributed by atoms with Gasteiger partial charge in [0.25, 0.3) is 0 Å². The molecule has 1 aliphatic carbocycles. The number of ether oxygens (including phenoxy) is 1. The number of fused-ring (bicyclic) bond motifs is 2. The number of H-pyrrole nitrogens is 1. The standard InChI is InChI=1S/C25H23F2N3O4/c26-16-1-3-17(4-2-16)30-18-9-14-12-28-29-22(14)21(27)20(18)19(15-10-25(33,11-15)24(31)32)23(30)13-5-7-34-8-6-13/h1-4,9,12-13,15,33H,5-8,10-11H2,(H,28,29)(H,31,32)/t15-,25+. The molecule has 1 saturated heterocycles. The number of nitrogens with one attached hydrogen (secondary N) is 1. The molecule has 9 heteroatoms. The maximum absolute atomic E-state index is 16.0. The van der Waals surface area contributed by atoms with E-state index in [-0.39, 0.29) is 36.0 Å². The molecule has 1 aliphatic heterocycles. The van der Waals surface area contributed by atoms with Crippen molar-refractivity contribution in [3.8, 4) is 5.69 Å². The number of halogens is 2. The monoisotopic (exact) mass is 467 g/mol. The summed E-state index contributed by atoms with van der Waals surface area (Å²) < 4.78 is 37.3. The van der Waals surface area contributed by atoms with E-state index >= 15 is 4.39 Å². The molecule has 3 heterocycles. The lowest BCUT2D eigenvalue weighted by Crippen LogP contribution is -2.49. The van der Waals surface area contributed by atoms with E-state index < -0.39 is 17.4 Å². The number of aliphatic carboxylic acids is 1. The van der Waals surface area contributed by atoms with Gasteiger partial charge >= 0.3 is 5.97 Å². The Bertz CT molecular complexity index is 1410. The van der Waals surface area contributed by atoms with Crippen LogP contribution in [0.2, 0.25) is 0 Å². The van der Waals surface area contributed by atoms with Crippen LogP contribution < -0.4 is 0 Å². The molecule has 7 nitrogen and oxygen atoms in total. The normalized spacial score (nSPS) is 23.4. The number of aromatic amines is 1. The first-order valence-corrected chi connectivity index (χ1v) is 11.4. The Kier molecular flexibility index (Phi) is 4.76. The van der Waals surface area contributed by atoms with Gasteiger partial charge in [0.05, 0.1) is 11.7 Å². The molecule has 0 radical (unpaired) electrons. The molecule has 2 aromatic carbocycles. The lowest BCUT2D eigenvalue weighted by molar-refractivity contribution is -0.169. The van der Waals surface area contributed by atoms with Crippen LogP contribution in [-0.2, 0) is 9.53 Å². The smallest absolute Gasteiger partial charge is 0.335 e. The highest BCUT2D eigenvalue weighted by atomic mass is 19.1. The highest BCUT2D eigenvalue weighted by Crippen LogP contribution is 2.52. The van der Waals surface area contributed by atoms with E-state index in [1.54, 1.807) is 18.3 Å². The molecule has 176 valence electrons. The fourth-order valence-corrected chi connectivity index (χ4v) is 5.64. The Morgan fingerprint density at radius 2 is 1.85 bits per heavy atom. The number of aliphatic hydroxyl groups is 1. The third-order valence-electron chi connectivity index (χ3n) is 7.35. The predicted molar refractivity (Wildman–Crippen MR) is 120 cm³/mol. The van der Waals surface area contributed by atoms with Crippen molar-refractivity contribution in [2.75, 3.05) is 13.2 Å². The zero-order chi connectivity index (χ0) is 23.6. The second-order valence-corrected chi connectivity index (χ2v) is 9.36. The molecule has 6 rings (SSSR count). The molecule has 0 unspecified atom stereocenters. The topological polar surface area (TPSA) is 100 Å². The van der Waals surface area contributed by atoms with Crippen LogP contribution >= 0.6 is 0 Å². The van der Waals surface area contributed by atoms with Gasteiger partial charge in [0, 0.05) is 41.3 Å². The lowest BCUT2D eigenvalue weighted by Gasteiger charge is -2.41. The Balaban J connectivity index is 1.68. The SMILES string of the molecule is O=C(O)[C@]1(O)C[C@@H](c2c(C3CCOCC3)n(-c3ccc(F)cc3)c3cc4cn[nH]c4c(F)c32)C1. The van der Waals surface area contributed by atoms with Crippen molar-refractivity contribution < 1.29 is 28.5 Å². The van der Waals surface area contributed by atoms with Crippen LogP contribution in [0.3, 0.4) is 0 Å². The van der Waals surface area contributed by atoms with Gasteiger partial charge in [-0.05, 0) is 67.5 Å². The third kappa shape index (κ3) is 3.07. The summed E-state index contributed by atoms with van der Waals surface area (Å²) in [5, 5.41) is 27.7. The lowest BCUT2D eigenvalue weighted by atomic mass is 9.66. The Morgan fingerprint density at radius 3 is 2.53 bits per heavy atom. The molecule has 0 amide bonds. The molecule has 0 spiro atoms. The van der Waals surface area contributed by atoms with E-state index in [1.807, 2.05) is 10.6 Å². The van der Waals surface area contributed by atoms with E-state index in [0.717, 1.165) is 18.5 Å². The van der Waals surface area contributed by atoms with E-state index in [1.165, 1.54) is 12.1 Å². The summed E-state index contributed by atoms with van der Waals surface area (Å²) in [4.78, 5) is 11.6. The maximum atomic E-state index is 16.0. The Hall–Kier alpha value is -3.30. The average Bonchev–Trinajstić information content (AvgIpc) is 3.41. The number of hydrogen-bond donors (Lipinski definition) is 3. The number of carboxylic acid groups (broad SMARTS) is 1. The van der Waals surface area contributed by atoms with E-state index in [0.29, 0.717) is 40.8 Å². The highest BCUT2D eigenvalue weighted by molar-refractivity contribution is 6.00. The maximum Gasteiger partial charge on any atom is 0.335 e. The first-order valence-electron chi connectivity index (χ1n) is 11.4. The minimum atomic E-state index is -1.82. The van der Waals surface area contributed by atoms with Gasteiger partial charge in [0.2, 0.25) is 0 Å². The molecule has 34 heavy (non-hydrogen) atoms. The van der Waals surface area contributed by atoms with Gasteiger partial charge < -0.3 is 19.5 Å². The molecule has 1 saturated carbocycles. The number of benzene rings is 2. The summed E-state index contributed by atoms with van der Waals surface area (Å²) in [5.41, 5.74) is 1.34. The van der Waals surface area contributed by atoms with Crippen molar-refractivity contribution >= 4 is 27.8 Å². The van der Waals surface area contributed by atoms with Crippen molar-refractivity contribution in [2.24, 2.45) is 0 Å². The van der Waals surface area contributed by atoms with Crippen LogP contribution in [0.25, 0.3) is 27.5 Å². The van der Waals surface area contributed by atoms with Crippen LogP contribution in [0.15, 0.2) is 36.5 Å². The summed E-state index contributed by atoms with van der Waals surface area (Å²) in [6.45, 7) is 1.12. The van der Waals surface area contributed by atoms with Gasteiger partial charge in [-0.15, -0.1) is 0 Å². The molecule has 0 atom stereocenters. The van der Waals surface area contributed by atoms with E-state index in [9.17, 15) is 19.4 Å². The van der Waals surface area contributed by atoms with E-state index in [4.69, 9.17) is 4.74 Å². The first-order chi connectivity index (χ1) is 16.4. The molecule has 0 bridgehead atoms. The summed E-state index contributed by atoms with van der Waals surface area (Å²) in [7, 11) is 0. The quantitative estimate of drug-likeness (QED) is 0.414. The first kappa shape index (κ1) is 21.2. The third-order valence-corrected chi connectivity index (χ3v) is 7.35. The van der Waals surface area contributed by atoms with Crippen LogP contribution in [0.1, 0.15) is 48.8 Å². The van der Waals surface area contributed by atoms with Gasteiger partial charge in [-0.2, -0.15) is 5.10 Å². The predicted octanol–water partition coefficient (Wildman–Crippen LogP) is 4.37. The summed E-state index contributed by atoms with van der Waals surface area (Å²) >= 11 is 0. The summed E-state index contributed by atoms with van der Waals surface area (Å²) in [5.74, 6) is -2.40. The fourth-order valence-electron chi connectivity index (χ4n) is 5.64. The van der Waals surface area contributed by atoms with Gasteiger partial charge in [-0.25, -0.2) is 13.6 Å². The Morgan fingerprint density at radius 1 is 1.15 bits per heavy atom. The average molecular weight is 467 g/mol. The number of rotatable bonds is 4. The minimum absolute atomic E-state index is 0.00153. The number of nitrogens with zero attached hydrogens (tertiary/aromatic N) is 2.